The van der Waals surface area contributed by atoms with Crippen molar-refractivity contribution in [2.45, 2.75) is 19.8 Å². The summed E-state index contributed by atoms with van der Waals surface area (Å²) in [6.45, 7) is 3.45. The smallest absolute Gasteiger partial charge is 0.315 e. The minimum atomic E-state index is -1.07. The van der Waals surface area contributed by atoms with Gasteiger partial charge in [-0.25, -0.2) is 0 Å². The average molecular weight is 229 g/mol. The molecule has 1 fully saturated rings. The van der Waals surface area contributed by atoms with Crippen LogP contribution in [0, 0.1) is 11.8 Å². The Kier molecular flexibility index (Phi) is 4.73. The summed E-state index contributed by atoms with van der Waals surface area (Å²) in [6, 6.07) is 0. The highest BCUT2D eigenvalue weighted by Crippen LogP contribution is 2.15. The first-order chi connectivity index (χ1) is 7.52. The van der Waals surface area contributed by atoms with Gasteiger partial charge in [-0.15, -0.1) is 0 Å². The average Bonchev–Trinajstić information content (AvgIpc) is 2.28. The topological polar surface area (TPSA) is 66.8 Å². The number of hydrogen-bond donors (Lipinski definition) is 1. The molecule has 92 valence electrons. The van der Waals surface area contributed by atoms with Gasteiger partial charge in [-0.3, -0.25) is 9.59 Å². The van der Waals surface area contributed by atoms with Crippen LogP contribution in [-0.2, 0) is 14.3 Å². The van der Waals surface area contributed by atoms with Crippen LogP contribution in [0.2, 0.25) is 0 Å². The maximum Gasteiger partial charge on any atom is 0.315 e. The van der Waals surface area contributed by atoms with E-state index in [4.69, 9.17) is 9.84 Å². The first-order valence-electron chi connectivity index (χ1n) is 5.58. The first kappa shape index (κ1) is 13.0. The number of carboxylic acid groups (broad SMARTS) is 1. The zero-order valence-corrected chi connectivity index (χ0v) is 9.81. The summed E-state index contributed by atoms with van der Waals surface area (Å²) in [5.74, 6) is -2.03. The highest BCUT2D eigenvalue weighted by atomic mass is 16.5. The summed E-state index contributed by atoms with van der Waals surface area (Å²) in [6.07, 6.45) is 2.06. The summed E-state index contributed by atoms with van der Waals surface area (Å²) in [5, 5.41) is 8.73. The van der Waals surface area contributed by atoms with E-state index in [1.807, 2.05) is 0 Å². The monoisotopic (exact) mass is 229 g/mol. The lowest BCUT2D eigenvalue weighted by molar-refractivity contribution is -0.150. The molecule has 2 atom stereocenters. The van der Waals surface area contributed by atoms with Gasteiger partial charge in [-0.2, -0.15) is 0 Å². The van der Waals surface area contributed by atoms with Crippen LogP contribution >= 0.6 is 0 Å². The molecule has 0 aromatic carbocycles. The second-order valence-electron chi connectivity index (χ2n) is 4.36. The quantitative estimate of drug-likeness (QED) is 0.716. The third-order valence-corrected chi connectivity index (χ3v) is 2.90. The number of ether oxygens (including phenoxy) is 1. The molecular weight excluding hydrogens is 210 g/mol. The van der Waals surface area contributed by atoms with Crippen molar-refractivity contribution in [3.05, 3.63) is 0 Å². The van der Waals surface area contributed by atoms with E-state index >= 15 is 0 Å². The molecule has 16 heavy (non-hydrogen) atoms. The Bertz CT molecular complexity index is 261. The van der Waals surface area contributed by atoms with Gasteiger partial charge in [-0.1, -0.05) is 0 Å². The van der Waals surface area contributed by atoms with Crippen LogP contribution in [0.1, 0.15) is 19.8 Å². The Morgan fingerprint density at radius 1 is 1.56 bits per heavy atom. The van der Waals surface area contributed by atoms with E-state index in [1.54, 1.807) is 7.05 Å². The summed E-state index contributed by atoms with van der Waals surface area (Å²) < 4.78 is 5.32. The fourth-order valence-electron chi connectivity index (χ4n) is 1.86. The van der Waals surface area contributed by atoms with Crippen LogP contribution in [-0.4, -0.2) is 48.7 Å². The van der Waals surface area contributed by atoms with Gasteiger partial charge in [0.05, 0.1) is 6.61 Å². The Morgan fingerprint density at radius 3 is 2.75 bits per heavy atom. The standard InChI is InChI=1S/C11H19NO4/c1-8(11(14)15)10(13)12(2)6-9-4-3-5-16-7-9/h8-9H,3-7H2,1-2H3,(H,14,15). The van der Waals surface area contributed by atoms with E-state index in [-0.39, 0.29) is 5.91 Å². The van der Waals surface area contributed by atoms with Crippen molar-refractivity contribution < 1.29 is 19.4 Å². The Morgan fingerprint density at radius 2 is 2.25 bits per heavy atom. The summed E-state index contributed by atoms with van der Waals surface area (Å²) in [5.41, 5.74) is 0. The molecule has 2 unspecified atom stereocenters. The van der Waals surface area contributed by atoms with Gasteiger partial charge in [0.25, 0.3) is 0 Å². The third-order valence-electron chi connectivity index (χ3n) is 2.90. The molecule has 1 heterocycles. The fourth-order valence-corrected chi connectivity index (χ4v) is 1.86. The van der Waals surface area contributed by atoms with E-state index in [9.17, 15) is 9.59 Å². The molecule has 1 aliphatic rings. The van der Waals surface area contributed by atoms with Gasteiger partial charge in [0.2, 0.25) is 5.91 Å². The second kappa shape index (κ2) is 5.84. The third kappa shape index (κ3) is 3.48. The van der Waals surface area contributed by atoms with Crippen molar-refractivity contribution in [1.29, 1.82) is 0 Å². The summed E-state index contributed by atoms with van der Waals surface area (Å²) in [7, 11) is 1.65. The van der Waals surface area contributed by atoms with Crippen molar-refractivity contribution in [3.8, 4) is 0 Å². The van der Waals surface area contributed by atoms with Gasteiger partial charge in [-0.05, 0) is 25.7 Å². The van der Waals surface area contributed by atoms with E-state index < -0.39 is 11.9 Å². The SMILES string of the molecule is CC(C(=O)O)C(=O)N(C)CC1CCCOC1. The molecule has 0 spiro atoms. The van der Waals surface area contributed by atoms with Crippen molar-refractivity contribution in [2.75, 3.05) is 26.8 Å². The minimum Gasteiger partial charge on any atom is -0.481 e. The molecule has 0 aromatic rings. The van der Waals surface area contributed by atoms with Crippen LogP contribution in [0.5, 0.6) is 0 Å². The molecule has 5 heteroatoms. The second-order valence-corrected chi connectivity index (χ2v) is 4.36. The van der Waals surface area contributed by atoms with Crippen LogP contribution in [0.4, 0.5) is 0 Å². The van der Waals surface area contributed by atoms with Gasteiger partial charge in [0, 0.05) is 20.2 Å². The molecule has 0 bridgehead atoms. The fraction of sp³-hybridized carbons (Fsp3) is 0.818. The molecule has 1 saturated heterocycles. The summed E-state index contributed by atoms with van der Waals surface area (Å²) >= 11 is 0. The Balaban J connectivity index is 2.41. The van der Waals surface area contributed by atoms with Crippen LogP contribution < -0.4 is 0 Å². The van der Waals surface area contributed by atoms with Crippen molar-refractivity contribution >= 4 is 11.9 Å². The number of carbonyl (C=O) groups excluding carboxylic acids is 1. The van der Waals surface area contributed by atoms with Gasteiger partial charge in [0.15, 0.2) is 0 Å². The number of carboxylic acids is 1. The van der Waals surface area contributed by atoms with E-state index in [0.717, 1.165) is 19.4 Å². The molecule has 1 N–H and O–H groups in total. The summed E-state index contributed by atoms with van der Waals surface area (Å²) in [4.78, 5) is 23.8. The molecule has 1 aliphatic heterocycles. The van der Waals surface area contributed by atoms with Crippen LogP contribution in [0.15, 0.2) is 0 Å². The molecule has 0 aliphatic carbocycles. The number of rotatable bonds is 4. The van der Waals surface area contributed by atoms with Crippen LogP contribution in [0.25, 0.3) is 0 Å². The lowest BCUT2D eigenvalue weighted by Crippen LogP contribution is -2.39. The van der Waals surface area contributed by atoms with E-state index in [2.05, 4.69) is 0 Å². The number of aliphatic carboxylic acids is 1. The molecule has 1 rings (SSSR count). The van der Waals surface area contributed by atoms with E-state index in [0.29, 0.717) is 19.1 Å². The lowest BCUT2D eigenvalue weighted by atomic mass is 10.0. The number of amides is 1. The zero-order chi connectivity index (χ0) is 12.1. The zero-order valence-electron chi connectivity index (χ0n) is 9.81. The van der Waals surface area contributed by atoms with Crippen molar-refractivity contribution in [1.82, 2.24) is 4.90 Å². The Hall–Kier alpha value is -1.10. The van der Waals surface area contributed by atoms with Crippen molar-refractivity contribution in [3.63, 3.8) is 0 Å². The maximum atomic E-state index is 11.7. The molecule has 5 nitrogen and oxygen atoms in total. The molecule has 1 amide bonds. The highest BCUT2D eigenvalue weighted by molar-refractivity contribution is 5.96. The minimum absolute atomic E-state index is 0.335. The predicted molar refractivity (Wildman–Crippen MR) is 58.0 cm³/mol. The largest absolute Gasteiger partial charge is 0.481 e. The lowest BCUT2D eigenvalue weighted by Gasteiger charge is -2.28. The van der Waals surface area contributed by atoms with Crippen LogP contribution in [0.3, 0.4) is 0 Å². The molecular formula is C11H19NO4. The normalized spacial score (nSPS) is 22.5. The Labute approximate surface area is 95.4 Å². The molecule has 0 aromatic heterocycles. The molecule has 0 saturated carbocycles. The van der Waals surface area contributed by atoms with Crippen molar-refractivity contribution in [2.24, 2.45) is 11.8 Å². The van der Waals surface area contributed by atoms with E-state index in [1.165, 1.54) is 11.8 Å². The predicted octanol–water partition coefficient (Wildman–Crippen LogP) is 0.592. The number of nitrogens with zero attached hydrogens (tertiary/aromatic N) is 1. The maximum absolute atomic E-state index is 11.7. The highest BCUT2D eigenvalue weighted by Gasteiger charge is 2.26. The molecule has 0 radical (unpaired) electrons. The van der Waals surface area contributed by atoms with Gasteiger partial charge >= 0.3 is 5.97 Å². The number of hydrogen-bond acceptors (Lipinski definition) is 3. The number of carbonyl (C=O) groups is 2. The first-order valence-corrected chi connectivity index (χ1v) is 5.58. The van der Waals surface area contributed by atoms with Gasteiger partial charge in [0.1, 0.15) is 5.92 Å². The van der Waals surface area contributed by atoms with Gasteiger partial charge < -0.3 is 14.7 Å².